The van der Waals surface area contributed by atoms with Crippen LogP contribution in [0.25, 0.3) is 0 Å². The number of carboxylic acid groups (broad SMARTS) is 1. The van der Waals surface area contributed by atoms with Gasteiger partial charge in [0.05, 0.1) is 17.3 Å². The highest BCUT2D eigenvalue weighted by atomic mass is 16.4. The maximum absolute atomic E-state index is 11.9. The van der Waals surface area contributed by atoms with Crippen LogP contribution in [-0.2, 0) is 4.79 Å². The van der Waals surface area contributed by atoms with Crippen LogP contribution in [0.1, 0.15) is 31.4 Å². The van der Waals surface area contributed by atoms with E-state index in [9.17, 15) is 9.59 Å². The van der Waals surface area contributed by atoms with Gasteiger partial charge in [0.25, 0.3) is 0 Å². The van der Waals surface area contributed by atoms with Crippen molar-refractivity contribution in [2.75, 3.05) is 5.32 Å². The Kier molecular flexibility index (Phi) is 4.55. The van der Waals surface area contributed by atoms with Gasteiger partial charge >= 0.3 is 12.0 Å². The van der Waals surface area contributed by atoms with E-state index in [0.29, 0.717) is 31.4 Å². The Balaban J connectivity index is 1.81. The summed E-state index contributed by atoms with van der Waals surface area (Å²) in [7, 11) is 0. The average molecular weight is 277 g/mol. The molecule has 6 heteroatoms. The molecule has 108 valence electrons. The first-order valence-electron chi connectivity index (χ1n) is 6.78. The summed E-state index contributed by atoms with van der Waals surface area (Å²) in [5, 5.41) is 14.6. The van der Waals surface area contributed by atoms with Crippen molar-refractivity contribution in [3.05, 3.63) is 24.0 Å². The highest BCUT2D eigenvalue weighted by molar-refractivity contribution is 5.89. The molecule has 1 aromatic rings. The van der Waals surface area contributed by atoms with Crippen molar-refractivity contribution >= 4 is 17.7 Å². The minimum atomic E-state index is -0.737. The summed E-state index contributed by atoms with van der Waals surface area (Å²) >= 11 is 0. The number of carbonyl (C=O) groups excluding carboxylic acids is 1. The number of aryl methyl sites for hydroxylation is 1. The highest BCUT2D eigenvalue weighted by Crippen LogP contribution is 2.24. The van der Waals surface area contributed by atoms with Gasteiger partial charge in [0.15, 0.2) is 0 Å². The summed E-state index contributed by atoms with van der Waals surface area (Å²) in [6.07, 6.45) is 4.32. The van der Waals surface area contributed by atoms with E-state index in [-0.39, 0.29) is 18.0 Å². The summed E-state index contributed by atoms with van der Waals surface area (Å²) in [5.74, 6) is -1.00. The topological polar surface area (TPSA) is 91.3 Å². The fraction of sp³-hybridized carbons (Fsp3) is 0.500. The number of nitrogens with zero attached hydrogens (tertiary/aromatic N) is 1. The molecule has 3 N–H and O–H groups in total. The van der Waals surface area contributed by atoms with Crippen LogP contribution in [-0.4, -0.2) is 28.1 Å². The molecular weight excluding hydrogens is 258 g/mol. The Morgan fingerprint density at radius 3 is 2.60 bits per heavy atom. The van der Waals surface area contributed by atoms with E-state index in [1.807, 2.05) is 6.92 Å². The van der Waals surface area contributed by atoms with Gasteiger partial charge in [-0.05, 0) is 44.7 Å². The second-order valence-electron chi connectivity index (χ2n) is 5.12. The van der Waals surface area contributed by atoms with Crippen LogP contribution < -0.4 is 10.6 Å². The smallest absolute Gasteiger partial charge is 0.319 e. The number of aliphatic carboxylic acids is 1. The third-order valence-corrected chi connectivity index (χ3v) is 3.67. The zero-order chi connectivity index (χ0) is 14.5. The fourth-order valence-electron chi connectivity index (χ4n) is 2.44. The van der Waals surface area contributed by atoms with E-state index in [1.54, 1.807) is 18.3 Å². The molecule has 20 heavy (non-hydrogen) atoms. The SMILES string of the molecule is Cc1ncccc1NC(=O)NC1CCC(C(=O)O)CC1. The molecule has 1 aliphatic carbocycles. The van der Waals surface area contributed by atoms with Crippen LogP contribution in [0, 0.1) is 12.8 Å². The van der Waals surface area contributed by atoms with Crippen molar-refractivity contribution in [1.82, 2.24) is 10.3 Å². The lowest BCUT2D eigenvalue weighted by Crippen LogP contribution is -2.41. The molecule has 0 radical (unpaired) electrons. The summed E-state index contributed by atoms with van der Waals surface area (Å²) in [6.45, 7) is 1.83. The number of rotatable bonds is 3. The molecule has 0 aromatic carbocycles. The number of nitrogens with one attached hydrogen (secondary N) is 2. The zero-order valence-corrected chi connectivity index (χ0v) is 11.4. The first kappa shape index (κ1) is 14.3. The lowest BCUT2D eigenvalue weighted by atomic mass is 9.86. The van der Waals surface area contributed by atoms with Gasteiger partial charge < -0.3 is 15.7 Å². The molecule has 1 aromatic heterocycles. The summed E-state index contributed by atoms with van der Waals surface area (Å²) < 4.78 is 0. The molecule has 0 saturated heterocycles. The van der Waals surface area contributed by atoms with Crippen molar-refractivity contribution in [2.45, 2.75) is 38.6 Å². The Hall–Kier alpha value is -2.11. The Labute approximate surface area is 117 Å². The van der Waals surface area contributed by atoms with Gasteiger partial charge in [-0.1, -0.05) is 0 Å². The van der Waals surface area contributed by atoms with Crippen molar-refractivity contribution in [1.29, 1.82) is 0 Å². The van der Waals surface area contributed by atoms with Gasteiger partial charge in [-0.3, -0.25) is 9.78 Å². The molecule has 6 nitrogen and oxygen atoms in total. The van der Waals surface area contributed by atoms with Gasteiger partial charge in [-0.2, -0.15) is 0 Å². The van der Waals surface area contributed by atoms with Gasteiger partial charge in [0.2, 0.25) is 0 Å². The third kappa shape index (κ3) is 3.69. The maximum Gasteiger partial charge on any atom is 0.319 e. The van der Waals surface area contributed by atoms with Crippen molar-refractivity contribution < 1.29 is 14.7 Å². The van der Waals surface area contributed by atoms with Crippen LogP contribution >= 0.6 is 0 Å². The first-order chi connectivity index (χ1) is 9.56. The van der Waals surface area contributed by atoms with Crippen molar-refractivity contribution in [3.8, 4) is 0 Å². The molecule has 0 atom stereocenters. The quantitative estimate of drug-likeness (QED) is 0.789. The monoisotopic (exact) mass is 277 g/mol. The van der Waals surface area contributed by atoms with Gasteiger partial charge in [-0.15, -0.1) is 0 Å². The molecule has 0 spiro atoms. The van der Waals surface area contributed by atoms with Crippen LogP contribution in [0.3, 0.4) is 0 Å². The van der Waals surface area contributed by atoms with E-state index < -0.39 is 5.97 Å². The highest BCUT2D eigenvalue weighted by Gasteiger charge is 2.26. The molecular formula is C14H19N3O3. The number of hydrogen-bond acceptors (Lipinski definition) is 3. The number of carboxylic acids is 1. The van der Waals surface area contributed by atoms with E-state index in [2.05, 4.69) is 15.6 Å². The predicted octanol–water partition coefficient (Wildman–Crippen LogP) is 2.15. The van der Waals surface area contributed by atoms with Gasteiger partial charge in [-0.25, -0.2) is 4.79 Å². The minimum Gasteiger partial charge on any atom is -0.481 e. The molecule has 2 rings (SSSR count). The number of carbonyl (C=O) groups is 2. The van der Waals surface area contributed by atoms with Gasteiger partial charge in [0.1, 0.15) is 0 Å². The number of urea groups is 1. The molecule has 1 heterocycles. The maximum atomic E-state index is 11.9. The van der Waals surface area contributed by atoms with Crippen LogP contribution in [0.15, 0.2) is 18.3 Å². The van der Waals surface area contributed by atoms with Crippen LogP contribution in [0.5, 0.6) is 0 Å². The average Bonchev–Trinajstić information content (AvgIpc) is 2.42. The minimum absolute atomic E-state index is 0.0441. The number of anilines is 1. The molecule has 0 bridgehead atoms. The van der Waals surface area contributed by atoms with E-state index in [1.165, 1.54) is 0 Å². The second kappa shape index (κ2) is 6.36. The summed E-state index contributed by atoms with van der Waals surface area (Å²) in [6, 6.07) is 3.34. The summed E-state index contributed by atoms with van der Waals surface area (Å²) in [5.41, 5.74) is 1.45. The Bertz CT molecular complexity index is 496. The molecule has 0 aliphatic heterocycles. The van der Waals surface area contributed by atoms with Crippen LogP contribution in [0.2, 0.25) is 0 Å². The number of hydrogen-bond donors (Lipinski definition) is 3. The molecule has 1 saturated carbocycles. The van der Waals surface area contributed by atoms with Crippen LogP contribution in [0.4, 0.5) is 10.5 Å². The normalized spacial score (nSPS) is 22.1. The van der Waals surface area contributed by atoms with E-state index >= 15 is 0 Å². The molecule has 1 aliphatic rings. The third-order valence-electron chi connectivity index (χ3n) is 3.67. The Morgan fingerprint density at radius 2 is 2.00 bits per heavy atom. The van der Waals surface area contributed by atoms with E-state index in [4.69, 9.17) is 5.11 Å². The predicted molar refractivity (Wildman–Crippen MR) is 74.5 cm³/mol. The van der Waals surface area contributed by atoms with Crippen molar-refractivity contribution in [3.63, 3.8) is 0 Å². The van der Waals surface area contributed by atoms with Gasteiger partial charge in [0, 0.05) is 12.2 Å². The molecule has 1 fully saturated rings. The first-order valence-corrected chi connectivity index (χ1v) is 6.78. The van der Waals surface area contributed by atoms with Crippen molar-refractivity contribution in [2.24, 2.45) is 5.92 Å². The lowest BCUT2D eigenvalue weighted by molar-refractivity contribution is -0.142. The summed E-state index contributed by atoms with van der Waals surface area (Å²) in [4.78, 5) is 26.8. The zero-order valence-electron chi connectivity index (χ0n) is 11.4. The largest absolute Gasteiger partial charge is 0.481 e. The molecule has 2 amide bonds. The lowest BCUT2D eigenvalue weighted by Gasteiger charge is -2.26. The van der Waals surface area contributed by atoms with E-state index in [0.717, 1.165) is 5.69 Å². The Morgan fingerprint density at radius 1 is 1.30 bits per heavy atom. The second-order valence-corrected chi connectivity index (χ2v) is 5.12. The molecule has 0 unspecified atom stereocenters. The number of amides is 2. The number of aromatic nitrogens is 1. The number of pyridine rings is 1. The standard InChI is InChI=1S/C14H19N3O3/c1-9-12(3-2-8-15-9)17-14(20)16-11-6-4-10(5-7-11)13(18)19/h2-3,8,10-11H,4-7H2,1H3,(H,18,19)(H2,16,17,20). The fourth-order valence-corrected chi connectivity index (χ4v) is 2.44.